The van der Waals surface area contributed by atoms with Crippen LogP contribution in [0.3, 0.4) is 0 Å². The van der Waals surface area contributed by atoms with E-state index in [0.29, 0.717) is 23.7 Å². The van der Waals surface area contributed by atoms with E-state index >= 15 is 0 Å². The number of aromatic nitrogens is 4. The summed E-state index contributed by atoms with van der Waals surface area (Å²) in [6.45, 7) is 15.8. The van der Waals surface area contributed by atoms with Crippen LogP contribution < -0.4 is 0 Å². The maximum Gasteiger partial charge on any atom is 0.112 e. The molecule has 3 atom stereocenters. The van der Waals surface area contributed by atoms with Crippen LogP contribution >= 0.6 is 0 Å². The number of nitrogens with zero attached hydrogens (tertiary/aromatic N) is 2. The second-order valence-electron chi connectivity index (χ2n) is 9.17. The third-order valence-electron chi connectivity index (χ3n) is 6.00. The van der Waals surface area contributed by atoms with Crippen molar-refractivity contribution in [2.24, 2.45) is 11.8 Å². The Kier molecular flexibility index (Phi) is 4.82. The smallest absolute Gasteiger partial charge is 0.112 e. The topological polar surface area (TPSA) is 57.4 Å². The number of nitrogens with one attached hydrogen (secondary N) is 2. The number of hydrogen-bond donors (Lipinski definition) is 2. The second-order valence-corrected chi connectivity index (χ2v) is 9.17. The normalized spacial score (nSPS) is 22.0. The van der Waals surface area contributed by atoms with E-state index in [1.807, 2.05) is 6.20 Å². The van der Waals surface area contributed by atoms with Crippen LogP contribution in [0.2, 0.25) is 0 Å². The van der Waals surface area contributed by atoms with Crippen molar-refractivity contribution in [3.05, 3.63) is 35.4 Å². The zero-order valence-corrected chi connectivity index (χ0v) is 16.9. The van der Waals surface area contributed by atoms with Crippen molar-refractivity contribution in [3.63, 3.8) is 0 Å². The molecule has 3 rings (SSSR count). The van der Waals surface area contributed by atoms with Crippen molar-refractivity contribution >= 4 is 0 Å². The minimum absolute atomic E-state index is 0.120. The molecule has 2 heterocycles. The average molecular weight is 343 g/mol. The lowest BCUT2D eigenvalue weighted by Gasteiger charge is -2.23. The van der Waals surface area contributed by atoms with Gasteiger partial charge in [-0.1, -0.05) is 48.5 Å². The SMILES string of the molecule is CC(C)c1c[nH]c(C(C)(C)[C@@H]2CC2CC(C)c2cnc(C(C)C)[nH]2)n1. The first-order chi connectivity index (χ1) is 11.7. The summed E-state index contributed by atoms with van der Waals surface area (Å²) < 4.78 is 0. The fourth-order valence-electron chi connectivity index (χ4n) is 4.01. The van der Waals surface area contributed by atoms with E-state index in [1.165, 1.54) is 24.2 Å². The molecule has 25 heavy (non-hydrogen) atoms. The molecule has 1 saturated carbocycles. The molecule has 2 unspecified atom stereocenters. The van der Waals surface area contributed by atoms with Gasteiger partial charge in [0, 0.05) is 29.4 Å². The average Bonchev–Trinajstić information content (AvgIpc) is 2.99. The Bertz CT molecular complexity index is 707. The van der Waals surface area contributed by atoms with Crippen LogP contribution in [0.1, 0.15) is 102 Å². The highest BCUT2D eigenvalue weighted by Gasteiger charge is 2.49. The Morgan fingerprint density at radius 2 is 1.88 bits per heavy atom. The van der Waals surface area contributed by atoms with Crippen molar-refractivity contribution in [3.8, 4) is 0 Å². The molecule has 2 aromatic heterocycles. The molecular formula is C21H34N4. The summed E-state index contributed by atoms with van der Waals surface area (Å²) in [5, 5.41) is 0. The lowest BCUT2D eigenvalue weighted by molar-refractivity contribution is 0.389. The molecule has 0 amide bonds. The van der Waals surface area contributed by atoms with Crippen LogP contribution in [0, 0.1) is 11.8 Å². The summed E-state index contributed by atoms with van der Waals surface area (Å²) in [4.78, 5) is 16.4. The highest BCUT2D eigenvalue weighted by atomic mass is 14.9. The zero-order valence-electron chi connectivity index (χ0n) is 16.9. The molecule has 2 N–H and O–H groups in total. The van der Waals surface area contributed by atoms with Gasteiger partial charge >= 0.3 is 0 Å². The Labute approximate surface area is 152 Å². The summed E-state index contributed by atoms with van der Waals surface area (Å²) in [5.41, 5.74) is 2.58. The molecule has 1 aliphatic rings. The number of H-pyrrole nitrogens is 2. The van der Waals surface area contributed by atoms with Gasteiger partial charge in [-0.3, -0.25) is 0 Å². The summed E-state index contributed by atoms with van der Waals surface area (Å²) >= 11 is 0. The van der Waals surface area contributed by atoms with E-state index < -0.39 is 0 Å². The number of imidazole rings is 2. The Balaban J connectivity index is 1.62. The van der Waals surface area contributed by atoms with E-state index in [4.69, 9.17) is 4.98 Å². The minimum Gasteiger partial charge on any atom is -0.348 e. The lowest BCUT2D eigenvalue weighted by atomic mass is 9.84. The van der Waals surface area contributed by atoms with Crippen molar-refractivity contribution in [2.75, 3.05) is 0 Å². The fourth-order valence-corrected chi connectivity index (χ4v) is 4.01. The van der Waals surface area contributed by atoms with Gasteiger partial charge in [0.1, 0.15) is 11.6 Å². The molecule has 0 radical (unpaired) electrons. The van der Waals surface area contributed by atoms with Gasteiger partial charge in [-0.05, 0) is 36.5 Å². The molecule has 1 aliphatic carbocycles. The lowest BCUT2D eigenvalue weighted by Crippen LogP contribution is -2.23. The quantitative estimate of drug-likeness (QED) is 0.699. The maximum atomic E-state index is 4.87. The molecular weight excluding hydrogens is 308 g/mol. The third kappa shape index (κ3) is 3.68. The monoisotopic (exact) mass is 342 g/mol. The summed E-state index contributed by atoms with van der Waals surface area (Å²) in [7, 11) is 0. The minimum atomic E-state index is 0.120. The van der Waals surface area contributed by atoms with Crippen molar-refractivity contribution in [1.82, 2.24) is 19.9 Å². The first-order valence-corrected chi connectivity index (χ1v) is 9.80. The Morgan fingerprint density at radius 1 is 1.16 bits per heavy atom. The predicted octanol–water partition coefficient (Wildman–Crippen LogP) is 5.49. The molecule has 4 heteroatoms. The second kappa shape index (κ2) is 6.62. The van der Waals surface area contributed by atoms with E-state index in [0.717, 1.165) is 17.6 Å². The molecule has 138 valence electrons. The molecule has 1 fully saturated rings. The van der Waals surface area contributed by atoms with Crippen LogP contribution in [0.4, 0.5) is 0 Å². The summed E-state index contributed by atoms with van der Waals surface area (Å²) in [6, 6.07) is 0. The van der Waals surface area contributed by atoms with Gasteiger partial charge < -0.3 is 9.97 Å². The van der Waals surface area contributed by atoms with Gasteiger partial charge in [0.05, 0.1) is 5.69 Å². The Hall–Kier alpha value is -1.58. The predicted molar refractivity (Wildman–Crippen MR) is 103 cm³/mol. The van der Waals surface area contributed by atoms with E-state index in [1.54, 1.807) is 0 Å². The first-order valence-electron chi connectivity index (χ1n) is 9.80. The van der Waals surface area contributed by atoms with Crippen LogP contribution in [0.15, 0.2) is 12.4 Å². The molecule has 4 nitrogen and oxygen atoms in total. The zero-order chi connectivity index (χ0) is 18.4. The first kappa shape index (κ1) is 18.2. The van der Waals surface area contributed by atoms with Gasteiger partial charge in [-0.15, -0.1) is 0 Å². The molecule has 0 saturated heterocycles. The number of aromatic amines is 2. The van der Waals surface area contributed by atoms with Gasteiger partial charge in [-0.2, -0.15) is 0 Å². The Morgan fingerprint density at radius 3 is 2.44 bits per heavy atom. The van der Waals surface area contributed by atoms with Crippen LogP contribution in [0.25, 0.3) is 0 Å². The molecule has 2 aromatic rings. The van der Waals surface area contributed by atoms with Gasteiger partial charge in [0.2, 0.25) is 0 Å². The van der Waals surface area contributed by atoms with Crippen molar-refractivity contribution in [1.29, 1.82) is 0 Å². The maximum absolute atomic E-state index is 4.87. The van der Waals surface area contributed by atoms with Crippen molar-refractivity contribution in [2.45, 2.75) is 84.5 Å². The van der Waals surface area contributed by atoms with Gasteiger partial charge in [0.25, 0.3) is 0 Å². The highest BCUT2D eigenvalue weighted by Crippen LogP contribution is 2.54. The van der Waals surface area contributed by atoms with Gasteiger partial charge in [-0.25, -0.2) is 9.97 Å². The fraction of sp³-hybridized carbons (Fsp3) is 0.714. The van der Waals surface area contributed by atoms with Crippen LogP contribution in [-0.4, -0.2) is 19.9 Å². The van der Waals surface area contributed by atoms with E-state index in [2.05, 4.69) is 69.6 Å². The largest absolute Gasteiger partial charge is 0.348 e. The molecule has 0 aliphatic heterocycles. The van der Waals surface area contributed by atoms with E-state index in [-0.39, 0.29) is 5.41 Å². The van der Waals surface area contributed by atoms with Crippen LogP contribution in [0.5, 0.6) is 0 Å². The summed E-state index contributed by atoms with van der Waals surface area (Å²) in [6.07, 6.45) is 6.65. The van der Waals surface area contributed by atoms with E-state index in [9.17, 15) is 0 Å². The standard InChI is InChI=1S/C21H34N4/c1-12(2)17-10-23-20(25-17)21(6,7)16-9-15(16)8-14(5)18-11-22-19(24-18)13(3)4/h10-16H,8-9H2,1-7H3,(H,22,24)(H,23,25)/t14?,15?,16-/m1/s1. The number of rotatable bonds is 7. The van der Waals surface area contributed by atoms with Crippen LogP contribution in [-0.2, 0) is 5.41 Å². The van der Waals surface area contributed by atoms with Gasteiger partial charge in [0.15, 0.2) is 0 Å². The molecule has 0 aromatic carbocycles. The molecule has 0 bridgehead atoms. The molecule has 0 spiro atoms. The third-order valence-corrected chi connectivity index (χ3v) is 6.00. The van der Waals surface area contributed by atoms with Crippen molar-refractivity contribution < 1.29 is 0 Å². The highest BCUT2D eigenvalue weighted by molar-refractivity contribution is 5.18. The number of hydrogen-bond acceptors (Lipinski definition) is 2. The summed E-state index contributed by atoms with van der Waals surface area (Å²) in [5.74, 6) is 5.23.